The molecule has 0 atom stereocenters. The quantitative estimate of drug-likeness (QED) is 0.777. The van der Waals surface area contributed by atoms with E-state index in [4.69, 9.17) is 4.42 Å². The van der Waals surface area contributed by atoms with Gasteiger partial charge in [-0.05, 0) is 23.8 Å². The molecule has 2 aromatic carbocycles. The summed E-state index contributed by atoms with van der Waals surface area (Å²) in [5, 5.41) is 4.65. The maximum atomic E-state index is 5.96. The molecule has 0 spiro atoms. The van der Waals surface area contributed by atoms with E-state index in [1.54, 1.807) is 0 Å². The Labute approximate surface area is 124 Å². The first-order valence-corrected chi connectivity index (χ1v) is 7.41. The number of fused-ring (bicyclic) bond motifs is 2. The Bertz CT molecular complexity index is 730. The summed E-state index contributed by atoms with van der Waals surface area (Å²) in [5.41, 5.74) is 3.63. The van der Waals surface area contributed by atoms with Crippen LogP contribution in [0.3, 0.4) is 0 Å². The van der Waals surface area contributed by atoms with Crippen molar-refractivity contribution in [1.29, 1.82) is 0 Å². The summed E-state index contributed by atoms with van der Waals surface area (Å²) in [7, 11) is 0. The first kappa shape index (κ1) is 12.5. The molecule has 0 amide bonds. The Morgan fingerprint density at radius 2 is 1.90 bits per heavy atom. The summed E-state index contributed by atoms with van der Waals surface area (Å²) in [6.45, 7) is 3.74. The third-order valence-electron chi connectivity index (χ3n) is 4.03. The molecule has 2 heterocycles. The Hall–Kier alpha value is -2.26. The summed E-state index contributed by atoms with van der Waals surface area (Å²) in [5.74, 6) is 1.02. The van der Waals surface area contributed by atoms with Crippen LogP contribution in [0.15, 0.2) is 59.0 Å². The largest absolute Gasteiger partial charge is 0.459 e. The van der Waals surface area contributed by atoms with Crippen molar-refractivity contribution in [3.63, 3.8) is 0 Å². The fourth-order valence-electron chi connectivity index (χ4n) is 2.99. The monoisotopic (exact) mass is 278 g/mol. The SMILES string of the molecule is c1ccc2c(c1)CNCCN2Cc1cc2ccccc2o1. The van der Waals surface area contributed by atoms with Crippen molar-refractivity contribution in [3.05, 3.63) is 65.9 Å². The van der Waals surface area contributed by atoms with Gasteiger partial charge in [-0.15, -0.1) is 0 Å². The third-order valence-corrected chi connectivity index (χ3v) is 4.03. The van der Waals surface area contributed by atoms with Gasteiger partial charge in [0, 0.05) is 30.7 Å². The molecule has 1 aromatic heterocycles. The summed E-state index contributed by atoms with van der Waals surface area (Å²) >= 11 is 0. The minimum Gasteiger partial charge on any atom is -0.459 e. The zero-order valence-corrected chi connectivity index (χ0v) is 11.9. The zero-order valence-electron chi connectivity index (χ0n) is 11.9. The van der Waals surface area contributed by atoms with Gasteiger partial charge in [0.25, 0.3) is 0 Å². The molecule has 1 N–H and O–H groups in total. The second-order valence-electron chi connectivity index (χ2n) is 5.48. The molecule has 0 fully saturated rings. The Morgan fingerprint density at radius 1 is 1.05 bits per heavy atom. The van der Waals surface area contributed by atoms with Crippen molar-refractivity contribution in [2.24, 2.45) is 0 Å². The lowest BCUT2D eigenvalue weighted by molar-refractivity contribution is 0.537. The third kappa shape index (κ3) is 2.41. The molecule has 1 aliphatic rings. The van der Waals surface area contributed by atoms with Crippen LogP contribution in [0, 0.1) is 0 Å². The number of anilines is 1. The van der Waals surface area contributed by atoms with E-state index in [1.165, 1.54) is 16.6 Å². The van der Waals surface area contributed by atoms with Gasteiger partial charge in [-0.3, -0.25) is 0 Å². The molecule has 0 bridgehead atoms. The molecule has 3 aromatic rings. The van der Waals surface area contributed by atoms with Crippen LogP contribution in [-0.2, 0) is 13.1 Å². The van der Waals surface area contributed by atoms with Gasteiger partial charge in [-0.2, -0.15) is 0 Å². The van der Waals surface area contributed by atoms with Crippen LogP contribution in [0.4, 0.5) is 5.69 Å². The van der Waals surface area contributed by atoms with E-state index in [0.29, 0.717) is 0 Å². The first-order chi connectivity index (χ1) is 10.4. The summed E-state index contributed by atoms with van der Waals surface area (Å²) in [6.07, 6.45) is 0. The van der Waals surface area contributed by atoms with Crippen molar-refractivity contribution in [2.45, 2.75) is 13.1 Å². The van der Waals surface area contributed by atoms with Crippen molar-refractivity contribution < 1.29 is 4.42 Å². The Balaban J connectivity index is 1.67. The highest BCUT2D eigenvalue weighted by atomic mass is 16.3. The number of nitrogens with one attached hydrogen (secondary N) is 1. The van der Waals surface area contributed by atoms with Crippen LogP contribution in [0.5, 0.6) is 0 Å². The highest BCUT2D eigenvalue weighted by Crippen LogP contribution is 2.26. The lowest BCUT2D eigenvalue weighted by Gasteiger charge is -2.23. The van der Waals surface area contributed by atoms with E-state index in [0.717, 1.165) is 37.5 Å². The minimum absolute atomic E-state index is 0.813. The number of hydrogen-bond acceptors (Lipinski definition) is 3. The van der Waals surface area contributed by atoms with Crippen molar-refractivity contribution in [2.75, 3.05) is 18.0 Å². The van der Waals surface area contributed by atoms with Crippen molar-refractivity contribution in [3.8, 4) is 0 Å². The van der Waals surface area contributed by atoms with E-state index >= 15 is 0 Å². The molecular formula is C18H18N2O. The van der Waals surface area contributed by atoms with E-state index < -0.39 is 0 Å². The van der Waals surface area contributed by atoms with Crippen LogP contribution < -0.4 is 10.2 Å². The molecule has 21 heavy (non-hydrogen) atoms. The molecule has 0 saturated heterocycles. The van der Waals surface area contributed by atoms with Gasteiger partial charge in [0.05, 0.1) is 6.54 Å². The van der Waals surface area contributed by atoms with Crippen molar-refractivity contribution in [1.82, 2.24) is 5.32 Å². The van der Waals surface area contributed by atoms with E-state index in [2.05, 4.69) is 46.6 Å². The van der Waals surface area contributed by atoms with Gasteiger partial charge in [0.15, 0.2) is 0 Å². The number of para-hydroxylation sites is 2. The van der Waals surface area contributed by atoms with Crippen LogP contribution >= 0.6 is 0 Å². The van der Waals surface area contributed by atoms with Gasteiger partial charge in [0.1, 0.15) is 11.3 Å². The first-order valence-electron chi connectivity index (χ1n) is 7.41. The molecule has 106 valence electrons. The molecule has 3 nitrogen and oxygen atoms in total. The minimum atomic E-state index is 0.813. The fourth-order valence-corrected chi connectivity index (χ4v) is 2.99. The highest BCUT2D eigenvalue weighted by Gasteiger charge is 2.16. The van der Waals surface area contributed by atoms with E-state index in [1.807, 2.05) is 18.2 Å². The summed E-state index contributed by atoms with van der Waals surface area (Å²) in [4.78, 5) is 2.40. The van der Waals surface area contributed by atoms with E-state index in [9.17, 15) is 0 Å². The summed E-state index contributed by atoms with van der Waals surface area (Å²) < 4.78 is 5.96. The van der Waals surface area contributed by atoms with Crippen LogP contribution in [0.2, 0.25) is 0 Å². The Kier molecular flexibility index (Phi) is 3.13. The van der Waals surface area contributed by atoms with Crippen LogP contribution in [0.1, 0.15) is 11.3 Å². The number of benzene rings is 2. The maximum Gasteiger partial charge on any atom is 0.134 e. The maximum absolute atomic E-state index is 5.96. The van der Waals surface area contributed by atoms with Crippen molar-refractivity contribution >= 4 is 16.7 Å². The van der Waals surface area contributed by atoms with Gasteiger partial charge < -0.3 is 14.6 Å². The second-order valence-corrected chi connectivity index (χ2v) is 5.48. The molecular weight excluding hydrogens is 260 g/mol. The fraction of sp³-hybridized carbons (Fsp3) is 0.222. The number of rotatable bonds is 2. The van der Waals surface area contributed by atoms with Gasteiger partial charge in [0.2, 0.25) is 0 Å². The van der Waals surface area contributed by atoms with E-state index in [-0.39, 0.29) is 0 Å². The van der Waals surface area contributed by atoms with Gasteiger partial charge in [-0.25, -0.2) is 0 Å². The topological polar surface area (TPSA) is 28.4 Å². The highest BCUT2D eigenvalue weighted by molar-refractivity contribution is 5.77. The number of nitrogens with zero attached hydrogens (tertiary/aromatic N) is 1. The lowest BCUT2D eigenvalue weighted by atomic mass is 10.1. The molecule has 0 saturated carbocycles. The molecule has 4 rings (SSSR count). The molecule has 3 heteroatoms. The molecule has 1 aliphatic heterocycles. The predicted molar refractivity (Wildman–Crippen MR) is 85.4 cm³/mol. The lowest BCUT2D eigenvalue weighted by Crippen LogP contribution is -2.28. The number of hydrogen-bond donors (Lipinski definition) is 1. The predicted octanol–water partition coefficient (Wildman–Crippen LogP) is 3.54. The second kappa shape index (κ2) is 5.26. The average molecular weight is 278 g/mol. The number of furan rings is 1. The molecule has 0 aliphatic carbocycles. The zero-order chi connectivity index (χ0) is 14.1. The molecule has 0 radical (unpaired) electrons. The summed E-state index contributed by atoms with van der Waals surface area (Å²) in [6, 6.07) is 18.9. The average Bonchev–Trinajstić information content (AvgIpc) is 2.82. The normalized spacial score (nSPS) is 15.0. The van der Waals surface area contributed by atoms with Gasteiger partial charge in [-0.1, -0.05) is 36.4 Å². The van der Waals surface area contributed by atoms with Gasteiger partial charge >= 0.3 is 0 Å². The van der Waals surface area contributed by atoms with Crippen LogP contribution in [0.25, 0.3) is 11.0 Å². The van der Waals surface area contributed by atoms with Crippen LogP contribution in [-0.4, -0.2) is 13.1 Å². The molecule has 0 unspecified atom stereocenters. The standard InChI is InChI=1S/C18H18N2O/c1-3-7-17-15(6-1)12-19-9-10-20(17)13-16-11-14-5-2-4-8-18(14)21-16/h1-8,11,19H,9-10,12-13H2. The Morgan fingerprint density at radius 3 is 2.86 bits per heavy atom. The smallest absolute Gasteiger partial charge is 0.134 e.